The van der Waals surface area contributed by atoms with E-state index in [9.17, 15) is 23.3 Å². The zero-order valence-electron chi connectivity index (χ0n) is 28.1. The normalized spacial score (nSPS) is 11.7. The minimum Gasteiger partial charge on any atom is -0.376 e. The summed E-state index contributed by atoms with van der Waals surface area (Å²) < 4.78 is 28.8. The van der Waals surface area contributed by atoms with Gasteiger partial charge in [-0.3, -0.25) is 14.9 Å². The molecule has 3 rings (SSSR count). The van der Waals surface area contributed by atoms with Gasteiger partial charge in [0.25, 0.3) is 5.69 Å². The fourth-order valence-electron chi connectivity index (χ4n) is 5.35. The summed E-state index contributed by atoms with van der Waals surface area (Å²) in [6.07, 6.45) is 3.48. The number of nitrogens with one attached hydrogen (secondary N) is 2. The van der Waals surface area contributed by atoms with E-state index in [1.165, 1.54) is 12.1 Å². The van der Waals surface area contributed by atoms with E-state index in [4.69, 9.17) is 0 Å². The Bertz CT molecular complexity index is 1450. The minimum absolute atomic E-state index is 0.00617. The zero-order valence-corrected chi connectivity index (χ0v) is 28.9. The number of sulfonamides is 1. The van der Waals surface area contributed by atoms with Gasteiger partial charge in [0.2, 0.25) is 15.9 Å². The molecule has 0 aliphatic carbocycles. The van der Waals surface area contributed by atoms with Gasteiger partial charge >= 0.3 is 0 Å². The lowest BCUT2D eigenvalue weighted by molar-refractivity contribution is -0.384. The van der Waals surface area contributed by atoms with Crippen molar-refractivity contribution in [3.63, 3.8) is 0 Å². The van der Waals surface area contributed by atoms with E-state index >= 15 is 0 Å². The molecule has 0 fully saturated rings. The van der Waals surface area contributed by atoms with Crippen LogP contribution >= 0.6 is 0 Å². The van der Waals surface area contributed by atoms with Crippen molar-refractivity contribution in [3.8, 4) is 0 Å². The number of rotatable bonds is 21. The third-order valence-corrected chi connectivity index (χ3v) is 9.22. The lowest BCUT2D eigenvalue weighted by atomic mass is 9.98. The molecule has 12 heteroatoms. The lowest BCUT2D eigenvalue weighted by Gasteiger charge is -2.24. The first-order chi connectivity index (χ1) is 22.4. The molecular formula is C35H50N6O5S. The first kappa shape index (κ1) is 37.6. The third-order valence-electron chi connectivity index (χ3n) is 7.76. The quantitative estimate of drug-likeness (QED) is 0.0956. The molecule has 0 heterocycles. The molecule has 3 aromatic rings. The molecule has 0 saturated heterocycles. The van der Waals surface area contributed by atoms with Crippen molar-refractivity contribution >= 4 is 27.3 Å². The lowest BCUT2D eigenvalue weighted by Crippen LogP contribution is -2.36. The molecular weight excluding hydrogens is 616 g/mol. The van der Waals surface area contributed by atoms with E-state index in [1.54, 1.807) is 0 Å². The number of amides is 1. The highest BCUT2D eigenvalue weighted by Gasteiger charge is 2.24. The van der Waals surface area contributed by atoms with Crippen LogP contribution < -0.4 is 10.0 Å². The molecule has 256 valence electrons. The van der Waals surface area contributed by atoms with Crippen LogP contribution in [0, 0.1) is 10.1 Å². The highest BCUT2D eigenvalue weighted by atomic mass is 32.2. The monoisotopic (exact) mass is 666 g/mol. The predicted molar refractivity (Wildman–Crippen MR) is 188 cm³/mol. The fourth-order valence-corrected chi connectivity index (χ4v) is 6.44. The van der Waals surface area contributed by atoms with Crippen LogP contribution in [0.1, 0.15) is 36.8 Å². The van der Waals surface area contributed by atoms with Crippen LogP contribution in [0.5, 0.6) is 0 Å². The third kappa shape index (κ3) is 13.4. The van der Waals surface area contributed by atoms with E-state index < -0.39 is 14.9 Å². The van der Waals surface area contributed by atoms with E-state index in [0.717, 1.165) is 43.1 Å². The van der Waals surface area contributed by atoms with Crippen LogP contribution in [-0.4, -0.2) is 101 Å². The summed E-state index contributed by atoms with van der Waals surface area (Å²) in [6, 6.07) is 23.5. The minimum atomic E-state index is -4.04. The van der Waals surface area contributed by atoms with Crippen molar-refractivity contribution in [2.24, 2.45) is 0 Å². The average Bonchev–Trinajstić information content (AvgIpc) is 3.03. The van der Waals surface area contributed by atoms with Crippen LogP contribution in [0.4, 0.5) is 11.4 Å². The molecule has 1 amide bonds. The Kier molecular flexibility index (Phi) is 15.3. The molecule has 3 aromatic carbocycles. The van der Waals surface area contributed by atoms with Gasteiger partial charge in [-0.1, -0.05) is 60.7 Å². The second-order valence-corrected chi connectivity index (χ2v) is 14.1. The standard InChI is InChI=1S/C35H50N6O5S/c1-38(2)22-12-24-40(25-13-23-39(3)4)35(42)18-11-21-36-47(45,46)32-19-20-33(34(28-32)41(43)44)37-31(26-29-14-7-5-8-15-29)27-30-16-9-6-10-17-30/h5-10,14-17,19-20,28,31,36-37H,11-13,18,21-27H2,1-4H3. The SMILES string of the molecule is CN(C)CCCN(CCCN(C)C)C(=O)CCCNS(=O)(=O)c1ccc(NC(Cc2ccccc2)Cc2ccccc2)c([N+](=O)[O-])c1. The predicted octanol–water partition coefficient (Wildman–Crippen LogP) is 4.65. The summed E-state index contributed by atoms with van der Waals surface area (Å²) in [5.74, 6) is -0.00617. The number of carbonyl (C=O) groups is 1. The van der Waals surface area contributed by atoms with Crippen molar-refractivity contribution in [2.45, 2.75) is 49.5 Å². The second-order valence-electron chi connectivity index (χ2n) is 12.4. The first-order valence-corrected chi connectivity index (χ1v) is 17.6. The second kappa shape index (κ2) is 19.1. The van der Waals surface area contributed by atoms with Crippen molar-refractivity contribution < 1.29 is 18.1 Å². The maximum Gasteiger partial charge on any atom is 0.293 e. The van der Waals surface area contributed by atoms with Gasteiger partial charge in [-0.2, -0.15) is 0 Å². The van der Waals surface area contributed by atoms with E-state index in [-0.39, 0.29) is 41.2 Å². The van der Waals surface area contributed by atoms with E-state index in [1.807, 2.05) is 93.8 Å². The number of nitrogens with zero attached hydrogens (tertiary/aromatic N) is 4. The highest BCUT2D eigenvalue weighted by molar-refractivity contribution is 7.89. The zero-order chi connectivity index (χ0) is 34.2. The Morgan fingerprint density at radius 3 is 1.81 bits per heavy atom. The molecule has 0 bridgehead atoms. The maximum atomic E-state index is 13.2. The van der Waals surface area contributed by atoms with Gasteiger partial charge in [0, 0.05) is 38.2 Å². The van der Waals surface area contributed by atoms with Crippen molar-refractivity contribution in [1.82, 2.24) is 19.4 Å². The van der Waals surface area contributed by atoms with Crippen LogP contribution in [-0.2, 0) is 27.7 Å². The van der Waals surface area contributed by atoms with Crippen molar-refractivity contribution in [2.75, 3.05) is 66.2 Å². The summed E-state index contributed by atoms with van der Waals surface area (Å²) in [7, 11) is 3.95. The van der Waals surface area contributed by atoms with Gasteiger partial charge in [-0.05, 0) is 96.6 Å². The number of nitro groups is 1. The Balaban J connectivity index is 1.65. The Morgan fingerprint density at radius 2 is 1.32 bits per heavy atom. The molecule has 0 aromatic heterocycles. The van der Waals surface area contributed by atoms with Crippen LogP contribution in [0.3, 0.4) is 0 Å². The highest BCUT2D eigenvalue weighted by Crippen LogP contribution is 2.29. The molecule has 0 atom stereocenters. The van der Waals surface area contributed by atoms with Gasteiger partial charge in [0.05, 0.1) is 9.82 Å². The summed E-state index contributed by atoms with van der Waals surface area (Å²) >= 11 is 0. The summed E-state index contributed by atoms with van der Waals surface area (Å²) in [5, 5.41) is 15.4. The summed E-state index contributed by atoms with van der Waals surface area (Å²) in [4.78, 5) is 30.4. The van der Waals surface area contributed by atoms with Crippen LogP contribution in [0.2, 0.25) is 0 Å². The van der Waals surface area contributed by atoms with E-state index in [0.29, 0.717) is 32.4 Å². The Morgan fingerprint density at radius 1 is 0.787 bits per heavy atom. The molecule has 11 nitrogen and oxygen atoms in total. The Labute approximate surface area is 280 Å². The summed E-state index contributed by atoms with van der Waals surface area (Å²) in [6.45, 7) is 3.09. The molecule has 0 unspecified atom stereocenters. The molecule has 0 spiro atoms. The average molecular weight is 667 g/mol. The van der Waals surface area contributed by atoms with Crippen LogP contribution in [0.25, 0.3) is 0 Å². The molecule has 0 aliphatic rings. The van der Waals surface area contributed by atoms with Gasteiger partial charge in [0.1, 0.15) is 5.69 Å². The van der Waals surface area contributed by atoms with Crippen molar-refractivity contribution in [3.05, 3.63) is 100 Å². The van der Waals surface area contributed by atoms with Gasteiger partial charge in [-0.15, -0.1) is 0 Å². The number of benzene rings is 3. The number of anilines is 1. The molecule has 0 saturated carbocycles. The van der Waals surface area contributed by atoms with Gasteiger partial charge < -0.3 is 20.0 Å². The molecule has 0 aliphatic heterocycles. The molecule has 47 heavy (non-hydrogen) atoms. The fraction of sp³-hybridized carbons (Fsp3) is 0.457. The van der Waals surface area contributed by atoms with Crippen molar-refractivity contribution in [1.29, 1.82) is 0 Å². The topological polar surface area (TPSA) is 128 Å². The van der Waals surface area contributed by atoms with Gasteiger partial charge in [-0.25, -0.2) is 13.1 Å². The number of carbonyl (C=O) groups excluding carboxylic acids is 1. The Hall–Kier alpha value is -3.84. The largest absolute Gasteiger partial charge is 0.376 e. The van der Waals surface area contributed by atoms with Gasteiger partial charge in [0.15, 0.2) is 0 Å². The number of hydrogen-bond acceptors (Lipinski definition) is 8. The maximum absolute atomic E-state index is 13.2. The summed E-state index contributed by atoms with van der Waals surface area (Å²) in [5.41, 5.74) is 2.09. The number of hydrogen-bond donors (Lipinski definition) is 2. The smallest absolute Gasteiger partial charge is 0.293 e. The molecule has 2 N–H and O–H groups in total. The molecule has 0 radical (unpaired) electrons. The van der Waals surface area contributed by atoms with Crippen LogP contribution in [0.15, 0.2) is 83.8 Å². The number of nitro benzene ring substituents is 1. The first-order valence-electron chi connectivity index (χ1n) is 16.1. The van der Waals surface area contributed by atoms with E-state index in [2.05, 4.69) is 19.8 Å².